The van der Waals surface area contributed by atoms with Gasteiger partial charge >= 0.3 is 0 Å². The number of aryl methyl sites for hydroxylation is 1. The van der Waals surface area contributed by atoms with Gasteiger partial charge in [0.25, 0.3) is 0 Å². The minimum atomic E-state index is 0.167. The van der Waals surface area contributed by atoms with Gasteiger partial charge in [-0.2, -0.15) is 4.98 Å². The third-order valence-corrected chi connectivity index (χ3v) is 5.01. The number of rotatable bonds is 8. The van der Waals surface area contributed by atoms with Crippen LogP contribution in [-0.4, -0.2) is 59.3 Å². The molecule has 0 amide bonds. The van der Waals surface area contributed by atoms with E-state index in [4.69, 9.17) is 20.9 Å². The summed E-state index contributed by atoms with van der Waals surface area (Å²) in [5.74, 6) is 2.40. The van der Waals surface area contributed by atoms with Crippen molar-refractivity contribution in [3.05, 3.63) is 41.0 Å². The smallest absolute Gasteiger partial charge is 0.243 e. The lowest BCUT2D eigenvalue weighted by molar-refractivity contribution is 0.0800. The van der Waals surface area contributed by atoms with Crippen molar-refractivity contribution in [1.29, 1.82) is 0 Å². The van der Waals surface area contributed by atoms with E-state index in [1.54, 1.807) is 0 Å². The first-order chi connectivity index (χ1) is 12.7. The Morgan fingerprint density at radius 2 is 1.92 bits per heavy atom. The van der Waals surface area contributed by atoms with Gasteiger partial charge in [-0.05, 0) is 37.6 Å². The molecular formula is C19H27ClN4O2. The normalized spacial score (nSPS) is 17.3. The molecule has 0 spiro atoms. The maximum absolute atomic E-state index is 5.88. The van der Waals surface area contributed by atoms with E-state index in [-0.39, 0.29) is 6.04 Å². The highest BCUT2D eigenvalue weighted by molar-refractivity contribution is 6.30. The van der Waals surface area contributed by atoms with Gasteiger partial charge in [0.2, 0.25) is 5.89 Å². The van der Waals surface area contributed by atoms with Crippen LogP contribution in [0, 0.1) is 0 Å². The molecule has 0 bridgehead atoms. The second-order valence-electron chi connectivity index (χ2n) is 6.65. The van der Waals surface area contributed by atoms with Crippen LogP contribution < -0.4 is 4.74 Å². The lowest BCUT2D eigenvalue weighted by Gasteiger charge is -2.36. The van der Waals surface area contributed by atoms with Gasteiger partial charge in [-0.15, -0.1) is 0 Å². The maximum atomic E-state index is 5.88. The zero-order valence-electron chi connectivity index (χ0n) is 15.5. The van der Waals surface area contributed by atoms with E-state index in [2.05, 4.69) is 33.8 Å². The third kappa shape index (κ3) is 5.19. The summed E-state index contributed by atoms with van der Waals surface area (Å²) >= 11 is 5.88. The largest absolute Gasteiger partial charge is 0.492 e. The monoisotopic (exact) mass is 378 g/mol. The number of ether oxygens (including phenoxy) is 1. The molecule has 1 saturated heterocycles. The van der Waals surface area contributed by atoms with Crippen LogP contribution in [0.25, 0.3) is 0 Å². The van der Waals surface area contributed by atoms with Gasteiger partial charge in [0.1, 0.15) is 12.4 Å². The summed E-state index contributed by atoms with van der Waals surface area (Å²) in [5.41, 5.74) is 0. The molecule has 1 aromatic carbocycles. The van der Waals surface area contributed by atoms with E-state index in [1.165, 1.54) is 0 Å². The Hall–Kier alpha value is -1.63. The number of hydrogen-bond acceptors (Lipinski definition) is 6. The standard InChI is InChI=1S/C19H27ClN4O2/c1-3-4-18-21-19(26-22-18)15(2)24-11-9-23(10-12-24)13-14-25-17-7-5-16(20)6-8-17/h5-8,15H,3-4,9-14H2,1-2H3. The SMILES string of the molecule is CCCc1noc(C(C)N2CCN(CCOc3ccc(Cl)cc3)CC2)n1. The number of hydrogen-bond donors (Lipinski definition) is 0. The lowest BCUT2D eigenvalue weighted by Crippen LogP contribution is -2.48. The quantitative estimate of drug-likeness (QED) is 0.701. The number of nitrogens with zero attached hydrogens (tertiary/aromatic N) is 4. The minimum Gasteiger partial charge on any atom is -0.492 e. The molecule has 0 aliphatic carbocycles. The van der Waals surface area contributed by atoms with Gasteiger partial charge in [-0.3, -0.25) is 9.80 Å². The highest BCUT2D eigenvalue weighted by Gasteiger charge is 2.25. The van der Waals surface area contributed by atoms with E-state index in [0.29, 0.717) is 6.61 Å². The molecule has 3 rings (SSSR count). The molecule has 7 heteroatoms. The van der Waals surface area contributed by atoms with E-state index in [9.17, 15) is 0 Å². The molecule has 1 aromatic heterocycles. The summed E-state index contributed by atoms with van der Waals surface area (Å²) in [5, 5.41) is 4.79. The third-order valence-electron chi connectivity index (χ3n) is 4.76. The van der Waals surface area contributed by atoms with Crippen molar-refractivity contribution in [1.82, 2.24) is 19.9 Å². The predicted octanol–water partition coefficient (Wildman–Crippen LogP) is 3.43. The van der Waals surface area contributed by atoms with Crippen molar-refractivity contribution in [2.24, 2.45) is 0 Å². The first-order valence-corrected chi connectivity index (χ1v) is 9.70. The Morgan fingerprint density at radius 1 is 1.19 bits per heavy atom. The van der Waals surface area contributed by atoms with Crippen molar-refractivity contribution in [2.45, 2.75) is 32.7 Å². The second-order valence-corrected chi connectivity index (χ2v) is 7.09. The Labute approximate surface area is 160 Å². The van der Waals surface area contributed by atoms with E-state index in [0.717, 1.165) is 68.1 Å². The Kier molecular flexibility index (Phi) is 6.88. The number of piperazine rings is 1. The van der Waals surface area contributed by atoms with Crippen LogP contribution in [0.3, 0.4) is 0 Å². The van der Waals surface area contributed by atoms with Gasteiger partial charge in [-0.25, -0.2) is 0 Å². The molecule has 1 aliphatic heterocycles. The summed E-state index contributed by atoms with van der Waals surface area (Å²) in [6.07, 6.45) is 1.90. The van der Waals surface area contributed by atoms with Gasteiger partial charge in [0, 0.05) is 44.2 Å². The van der Waals surface area contributed by atoms with Gasteiger partial charge < -0.3 is 9.26 Å². The summed E-state index contributed by atoms with van der Waals surface area (Å²) in [6.45, 7) is 9.89. The molecule has 0 saturated carbocycles. The van der Waals surface area contributed by atoms with Gasteiger partial charge in [-0.1, -0.05) is 23.7 Å². The molecule has 0 radical (unpaired) electrons. The van der Waals surface area contributed by atoms with Crippen LogP contribution in [0.2, 0.25) is 5.02 Å². The molecule has 2 aromatic rings. The van der Waals surface area contributed by atoms with Gasteiger partial charge in [0.05, 0.1) is 6.04 Å². The van der Waals surface area contributed by atoms with Crippen molar-refractivity contribution in [3.63, 3.8) is 0 Å². The van der Waals surface area contributed by atoms with Crippen LogP contribution in [0.1, 0.15) is 38.0 Å². The van der Waals surface area contributed by atoms with Crippen molar-refractivity contribution < 1.29 is 9.26 Å². The molecule has 1 fully saturated rings. The van der Waals surface area contributed by atoms with Crippen molar-refractivity contribution in [2.75, 3.05) is 39.3 Å². The molecule has 2 heterocycles. The molecule has 0 N–H and O–H groups in total. The summed E-state index contributed by atoms with van der Waals surface area (Å²) in [6, 6.07) is 7.67. The zero-order valence-corrected chi connectivity index (χ0v) is 16.3. The average Bonchev–Trinajstić information content (AvgIpc) is 3.12. The highest BCUT2D eigenvalue weighted by atomic mass is 35.5. The first kappa shape index (κ1) is 19.1. The molecule has 1 aliphatic rings. The van der Waals surface area contributed by atoms with E-state index >= 15 is 0 Å². The molecule has 6 nitrogen and oxygen atoms in total. The molecule has 26 heavy (non-hydrogen) atoms. The van der Waals surface area contributed by atoms with E-state index in [1.807, 2.05) is 24.3 Å². The Bertz CT molecular complexity index is 668. The van der Waals surface area contributed by atoms with Crippen molar-refractivity contribution >= 4 is 11.6 Å². The number of benzene rings is 1. The zero-order chi connectivity index (χ0) is 18.4. The highest BCUT2D eigenvalue weighted by Crippen LogP contribution is 2.20. The maximum Gasteiger partial charge on any atom is 0.243 e. The van der Waals surface area contributed by atoms with E-state index < -0.39 is 0 Å². The predicted molar refractivity (Wildman–Crippen MR) is 102 cm³/mol. The summed E-state index contributed by atoms with van der Waals surface area (Å²) in [7, 11) is 0. The number of aromatic nitrogens is 2. The van der Waals surface area contributed by atoms with Crippen LogP contribution >= 0.6 is 11.6 Å². The fourth-order valence-corrected chi connectivity index (χ4v) is 3.24. The van der Waals surface area contributed by atoms with Crippen LogP contribution in [0.5, 0.6) is 5.75 Å². The summed E-state index contributed by atoms with van der Waals surface area (Å²) < 4.78 is 11.2. The topological polar surface area (TPSA) is 54.6 Å². The fraction of sp³-hybridized carbons (Fsp3) is 0.579. The summed E-state index contributed by atoms with van der Waals surface area (Å²) in [4.78, 5) is 9.35. The minimum absolute atomic E-state index is 0.167. The number of halogens is 1. The van der Waals surface area contributed by atoms with Crippen LogP contribution in [-0.2, 0) is 6.42 Å². The first-order valence-electron chi connectivity index (χ1n) is 9.33. The molecule has 142 valence electrons. The van der Waals surface area contributed by atoms with Crippen molar-refractivity contribution in [3.8, 4) is 5.75 Å². The second kappa shape index (κ2) is 9.35. The average molecular weight is 379 g/mol. The van der Waals surface area contributed by atoms with Crippen LogP contribution in [0.15, 0.2) is 28.8 Å². The lowest BCUT2D eigenvalue weighted by atomic mass is 10.2. The molecular weight excluding hydrogens is 352 g/mol. The Morgan fingerprint density at radius 3 is 2.62 bits per heavy atom. The Balaban J connectivity index is 1.39. The van der Waals surface area contributed by atoms with Crippen LogP contribution in [0.4, 0.5) is 0 Å². The fourth-order valence-electron chi connectivity index (χ4n) is 3.12. The molecule has 1 unspecified atom stereocenters. The molecule has 1 atom stereocenters. The van der Waals surface area contributed by atoms with Gasteiger partial charge in [0.15, 0.2) is 5.82 Å².